The van der Waals surface area contributed by atoms with Gasteiger partial charge in [0.2, 0.25) is 0 Å². The fraction of sp³-hybridized carbons (Fsp3) is 0.250. The van der Waals surface area contributed by atoms with E-state index in [1.165, 1.54) is 0 Å². The quantitative estimate of drug-likeness (QED) is 0.833. The lowest BCUT2D eigenvalue weighted by atomic mass is 10.1. The third kappa shape index (κ3) is 3.70. The van der Waals surface area contributed by atoms with Crippen LogP contribution >= 0.6 is 12.2 Å². The summed E-state index contributed by atoms with van der Waals surface area (Å²) in [4.78, 5) is 14.9. The van der Waals surface area contributed by atoms with Gasteiger partial charge in [0.05, 0.1) is 16.8 Å². The number of amides is 1. The second-order valence-corrected chi connectivity index (χ2v) is 5.14. The number of hydrogen-bond acceptors (Lipinski definition) is 3. The van der Waals surface area contributed by atoms with Gasteiger partial charge in [-0.2, -0.15) is 0 Å². The molecule has 0 fully saturated rings. The van der Waals surface area contributed by atoms with Crippen LogP contribution in [0.1, 0.15) is 29.5 Å². The lowest BCUT2D eigenvalue weighted by molar-refractivity contribution is 0.0986. The molecule has 1 amide bonds. The minimum absolute atomic E-state index is 0.0944. The van der Waals surface area contributed by atoms with Crippen molar-refractivity contribution in [3.63, 3.8) is 0 Å². The second-order valence-electron chi connectivity index (χ2n) is 4.62. The SMILES string of the molecule is CCc1occc1C(=O)N(CCC(N)=S)c1ccccc1. The molecular formula is C16H18N2O2S. The number of nitrogens with zero attached hydrogens (tertiary/aromatic N) is 1. The molecule has 2 rings (SSSR count). The summed E-state index contributed by atoms with van der Waals surface area (Å²) in [5.41, 5.74) is 6.98. The predicted molar refractivity (Wildman–Crippen MR) is 87.6 cm³/mol. The van der Waals surface area contributed by atoms with Gasteiger partial charge in [0.25, 0.3) is 5.91 Å². The normalized spacial score (nSPS) is 10.3. The van der Waals surface area contributed by atoms with Crippen molar-refractivity contribution < 1.29 is 9.21 Å². The molecule has 0 saturated heterocycles. The summed E-state index contributed by atoms with van der Waals surface area (Å²) in [5.74, 6) is 0.597. The van der Waals surface area contributed by atoms with Crippen molar-refractivity contribution in [2.45, 2.75) is 19.8 Å². The van der Waals surface area contributed by atoms with E-state index >= 15 is 0 Å². The van der Waals surface area contributed by atoms with E-state index < -0.39 is 0 Å². The minimum Gasteiger partial charge on any atom is -0.469 e. The van der Waals surface area contributed by atoms with Crippen molar-refractivity contribution >= 4 is 28.8 Å². The number of rotatable bonds is 6. The first-order valence-electron chi connectivity index (χ1n) is 6.85. The Morgan fingerprint density at radius 3 is 2.62 bits per heavy atom. The zero-order valence-electron chi connectivity index (χ0n) is 11.9. The third-order valence-corrected chi connectivity index (χ3v) is 3.40. The van der Waals surface area contributed by atoms with Gasteiger partial charge in [0, 0.05) is 25.1 Å². The first-order chi connectivity index (χ1) is 10.1. The lowest BCUT2D eigenvalue weighted by Crippen LogP contribution is -2.34. The molecule has 0 spiro atoms. The Labute approximate surface area is 129 Å². The highest BCUT2D eigenvalue weighted by atomic mass is 32.1. The van der Waals surface area contributed by atoms with Gasteiger partial charge < -0.3 is 15.1 Å². The highest BCUT2D eigenvalue weighted by molar-refractivity contribution is 7.80. The molecule has 0 aliphatic rings. The Kier molecular flexibility index (Phi) is 5.11. The number of nitrogens with two attached hydrogens (primary N) is 1. The Morgan fingerprint density at radius 1 is 1.29 bits per heavy atom. The van der Waals surface area contributed by atoms with Crippen LogP contribution in [0.4, 0.5) is 5.69 Å². The van der Waals surface area contributed by atoms with Crippen LogP contribution in [0, 0.1) is 0 Å². The average molecular weight is 302 g/mol. The number of furan rings is 1. The zero-order valence-corrected chi connectivity index (χ0v) is 12.7. The summed E-state index contributed by atoms with van der Waals surface area (Å²) in [6.07, 6.45) is 2.70. The fourth-order valence-electron chi connectivity index (χ4n) is 2.13. The van der Waals surface area contributed by atoms with Gasteiger partial charge in [0.1, 0.15) is 5.76 Å². The van der Waals surface area contributed by atoms with Gasteiger partial charge in [-0.3, -0.25) is 4.79 Å². The molecule has 1 aromatic heterocycles. The van der Waals surface area contributed by atoms with E-state index in [1.54, 1.807) is 17.2 Å². The molecule has 4 nitrogen and oxygen atoms in total. The maximum Gasteiger partial charge on any atom is 0.261 e. The Hall–Kier alpha value is -2.14. The molecule has 2 aromatic rings. The van der Waals surface area contributed by atoms with Crippen LogP contribution in [-0.2, 0) is 6.42 Å². The molecule has 1 aromatic carbocycles. The molecule has 0 radical (unpaired) electrons. The van der Waals surface area contributed by atoms with Crippen molar-refractivity contribution in [1.82, 2.24) is 0 Å². The summed E-state index contributed by atoms with van der Waals surface area (Å²) in [7, 11) is 0. The van der Waals surface area contributed by atoms with E-state index in [-0.39, 0.29) is 5.91 Å². The number of carbonyl (C=O) groups is 1. The molecule has 5 heteroatoms. The summed E-state index contributed by atoms with van der Waals surface area (Å²) >= 11 is 4.92. The maximum atomic E-state index is 12.8. The number of aryl methyl sites for hydroxylation is 1. The number of thiocarbonyl (C=S) groups is 1. The fourth-order valence-corrected chi connectivity index (χ4v) is 2.22. The molecular weight excluding hydrogens is 284 g/mol. The van der Waals surface area contributed by atoms with Gasteiger partial charge in [-0.15, -0.1) is 0 Å². The van der Waals surface area contributed by atoms with Gasteiger partial charge in [-0.25, -0.2) is 0 Å². The number of hydrogen-bond donors (Lipinski definition) is 1. The molecule has 110 valence electrons. The third-order valence-electron chi connectivity index (χ3n) is 3.19. The second kappa shape index (κ2) is 7.04. The minimum atomic E-state index is -0.0944. The van der Waals surface area contributed by atoms with E-state index in [1.807, 2.05) is 37.3 Å². The summed E-state index contributed by atoms with van der Waals surface area (Å²) < 4.78 is 5.35. The van der Waals surface area contributed by atoms with Crippen molar-refractivity contribution in [3.8, 4) is 0 Å². The largest absolute Gasteiger partial charge is 0.469 e. The molecule has 0 unspecified atom stereocenters. The number of para-hydroxylation sites is 1. The smallest absolute Gasteiger partial charge is 0.261 e. The van der Waals surface area contributed by atoms with Gasteiger partial charge >= 0.3 is 0 Å². The van der Waals surface area contributed by atoms with Crippen molar-refractivity contribution in [3.05, 3.63) is 54.0 Å². The van der Waals surface area contributed by atoms with Crippen LogP contribution in [0.2, 0.25) is 0 Å². The number of carbonyl (C=O) groups excluding carboxylic acids is 1. The van der Waals surface area contributed by atoms with Crippen LogP contribution in [0.15, 0.2) is 47.1 Å². The monoisotopic (exact) mass is 302 g/mol. The van der Waals surface area contributed by atoms with Crippen LogP contribution in [0.3, 0.4) is 0 Å². The van der Waals surface area contributed by atoms with E-state index in [4.69, 9.17) is 22.4 Å². The van der Waals surface area contributed by atoms with E-state index in [2.05, 4.69) is 0 Å². The Bertz CT molecular complexity index is 622. The van der Waals surface area contributed by atoms with Gasteiger partial charge in [-0.1, -0.05) is 37.3 Å². The van der Waals surface area contributed by atoms with Crippen molar-refractivity contribution in [1.29, 1.82) is 0 Å². The summed E-state index contributed by atoms with van der Waals surface area (Å²) in [6, 6.07) is 11.2. The van der Waals surface area contributed by atoms with Crippen molar-refractivity contribution in [2.75, 3.05) is 11.4 Å². The molecule has 2 N–H and O–H groups in total. The summed E-state index contributed by atoms with van der Waals surface area (Å²) in [6.45, 7) is 2.41. The first-order valence-corrected chi connectivity index (χ1v) is 7.26. The summed E-state index contributed by atoms with van der Waals surface area (Å²) in [5, 5.41) is 0. The number of benzene rings is 1. The topological polar surface area (TPSA) is 59.5 Å². The molecule has 0 saturated carbocycles. The van der Waals surface area contributed by atoms with E-state index in [0.717, 1.165) is 5.69 Å². The van der Waals surface area contributed by atoms with Crippen LogP contribution in [0.5, 0.6) is 0 Å². The van der Waals surface area contributed by atoms with E-state index in [9.17, 15) is 4.79 Å². The van der Waals surface area contributed by atoms with E-state index in [0.29, 0.717) is 35.7 Å². The predicted octanol–water partition coefficient (Wildman–Crippen LogP) is 3.17. The first kappa shape index (κ1) is 15.3. The number of anilines is 1. The molecule has 1 heterocycles. The zero-order chi connectivity index (χ0) is 15.2. The van der Waals surface area contributed by atoms with Gasteiger partial charge in [0.15, 0.2) is 0 Å². The molecule has 0 atom stereocenters. The molecule has 21 heavy (non-hydrogen) atoms. The lowest BCUT2D eigenvalue weighted by Gasteiger charge is -2.22. The Morgan fingerprint density at radius 2 is 2.00 bits per heavy atom. The standard InChI is InChI=1S/C16H18N2O2S/c1-2-14-13(9-11-20-14)16(19)18(10-8-15(17)21)12-6-4-3-5-7-12/h3-7,9,11H,2,8,10H2,1H3,(H2,17,21). The molecule has 0 aliphatic carbocycles. The maximum absolute atomic E-state index is 12.8. The molecule has 0 aliphatic heterocycles. The van der Waals surface area contributed by atoms with Crippen LogP contribution in [-0.4, -0.2) is 17.4 Å². The highest BCUT2D eigenvalue weighted by Gasteiger charge is 2.21. The van der Waals surface area contributed by atoms with Crippen molar-refractivity contribution in [2.24, 2.45) is 5.73 Å². The average Bonchev–Trinajstić information content (AvgIpc) is 2.96. The Balaban J connectivity index is 2.30. The molecule has 0 bridgehead atoms. The van der Waals surface area contributed by atoms with Crippen LogP contribution in [0.25, 0.3) is 0 Å². The van der Waals surface area contributed by atoms with Gasteiger partial charge in [-0.05, 0) is 18.2 Å². The highest BCUT2D eigenvalue weighted by Crippen LogP contribution is 2.20. The van der Waals surface area contributed by atoms with Crippen LogP contribution < -0.4 is 10.6 Å².